The van der Waals surface area contributed by atoms with E-state index in [2.05, 4.69) is 19.2 Å². The maximum absolute atomic E-state index is 9.34. The zero-order valence-corrected chi connectivity index (χ0v) is 10.3. The summed E-state index contributed by atoms with van der Waals surface area (Å²) in [5, 5.41) is 13.1. The molecule has 0 aromatic heterocycles. The van der Waals surface area contributed by atoms with Gasteiger partial charge in [0.05, 0.1) is 0 Å². The fourth-order valence-electron chi connectivity index (χ4n) is 2.70. The lowest BCUT2D eigenvalue weighted by Crippen LogP contribution is -2.45. The molecule has 1 aliphatic rings. The van der Waals surface area contributed by atoms with Gasteiger partial charge in [-0.1, -0.05) is 33.1 Å². The van der Waals surface area contributed by atoms with Crippen LogP contribution in [0.4, 0.5) is 0 Å². The first-order chi connectivity index (χ1) is 7.31. The highest BCUT2D eigenvalue weighted by Crippen LogP contribution is 2.24. The highest BCUT2D eigenvalue weighted by molar-refractivity contribution is 4.83. The molecular formula is C13H27NO. The van der Waals surface area contributed by atoms with E-state index in [9.17, 15) is 5.11 Å². The molecule has 0 radical (unpaired) electrons. The summed E-state index contributed by atoms with van der Waals surface area (Å²) >= 11 is 0. The largest absolute Gasteiger partial charge is 0.396 e. The molecule has 0 bridgehead atoms. The Kier molecular flexibility index (Phi) is 6.26. The molecule has 15 heavy (non-hydrogen) atoms. The van der Waals surface area contributed by atoms with E-state index in [1.807, 2.05) is 0 Å². The van der Waals surface area contributed by atoms with Crippen LogP contribution in [0.5, 0.6) is 0 Å². The minimum Gasteiger partial charge on any atom is -0.396 e. The van der Waals surface area contributed by atoms with Crippen LogP contribution in [0.25, 0.3) is 0 Å². The van der Waals surface area contributed by atoms with Crippen LogP contribution in [0.1, 0.15) is 58.8 Å². The number of rotatable bonds is 6. The molecule has 3 atom stereocenters. The fourth-order valence-corrected chi connectivity index (χ4v) is 2.70. The third kappa shape index (κ3) is 4.12. The summed E-state index contributed by atoms with van der Waals surface area (Å²) in [5.74, 6) is 0.504. The second-order valence-electron chi connectivity index (χ2n) is 4.89. The Bertz CT molecular complexity index is 161. The van der Waals surface area contributed by atoms with E-state index in [0.717, 1.165) is 0 Å². The van der Waals surface area contributed by atoms with E-state index < -0.39 is 0 Å². The van der Waals surface area contributed by atoms with Gasteiger partial charge in [0.15, 0.2) is 0 Å². The second-order valence-corrected chi connectivity index (χ2v) is 4.89. The Morgan fingerprint density at radius 3 is 2.60 bits per heavy atom. The van der Waals surface area contributed by atoms with Crippen molar-refractivity contribution in [3.8, 4) is 0 Å². The van der Waals surface area contributed by atoms with E-state index in [1.165, 1.54) is 44.9 Å². The van der Waals surface area contributed by atoms with Crippen molar-refractivity contribution in [1.82, 2.24) is 5.32 Å². The van der Waals surface area contributed by atoms with Gasteiger partial charge < -0.3 is 10.4 Å². The van der Waals surface area contributed by atoms with E-state index in [-0.39, 0.29) is 0 Å². The van der Waals surface area contributed by atoms with Crippen LogP contribution < -0.4 is 5.32 Å². The number of nitrogens with one attached hydrogen (secondary N) is 1. The lowest BCUT2D eigenvalue weighted by atomic mass is 9.84. The van der Waals surface area contributed by atoms with Crippen LogP contribution in [-0.4, -0.2) is 23.8 Å². The van der Waals surface area contributed by atoms with Gasteiger partial charge in [0.1, 0.15) is 0 Å². The van der Waals surface area contributed by atoms with Crippen LogP contribution in [0.2, 0.25) is 0 Å². The van der Waals surface area contributed by atoms with Crippen molar-refractivity contribution < 1.29 is 5.11 Å². The molecule has 0 aromatic rings. The smallest absolute Gasteiger partial charge is 0.0474 e. The molecule has 0 amide bonds. The van der Waals surface area contributed by atoms with Gasteiger partial charge in [-0.05, 0) is 31.6 Å². The summed E-state index contributed by atoms with van der Waals surface area (Å²) in [4.78, 5) is 0. The lowest BCUT2D eigenvalue weighted by Gasteiger charge is -2.34. The summed E-state index contributed by atoms with van der Waals surface area (Å²) in [6, 6.07) is 1.23. The topological polar surface area (TPSA) is 32.3 Å². The van der Waals surface area contributed by atoms with Crippen molar-refractivity contribution >= 4 is 0 Å². The molecule has 0 saturated heterocycles. The van der Waals surface area contributed by atoms with Crippen molar-refractivity contribution in [2.24, 2.45) is 5.92 Å². The molecule has 2 heteroatoms. The molecule has 90 valence electrons. The van der Waals surface area contributed by atoms with Crippen molar-refractivity contribution in [2.75, 3.05) is 6.61 Å². The molecule has 3 unspecified atom stereocenters. The van der Waals surface area contributed by atoms with E-state index in [0.29, 0.717) is 24.6 Å². The number of aliphatic hydroxyl groups excluding tert-OH is 1. The summed E-state index contributed by atoms with van der Waals surface area (Å²) < 4.78 is 0. The Hall–Kier alpha value is -0.0800. The van der Waals surface area contributed by atoms with Crippen LogP contribution in [-0.2, 0) is 0 Å². The molecule has 0 spiro atoms. The molecule has 2 nitrogen and oxygen atoms in total. The predicted molar refractivity (Wildman–Crippen MR) is 65.0 cm³/mol. The fraction of sp³-hybridized carbons (Fsp3) is 1.00. The van der Waals surface area contributed by atoms with Gasteiger partial charge in [0.25, 0.3) is 0 Å². The Morgan fingerprint density at radius 2 is 2.00 bits per heavy atom. The summed E-state index contributed by atoms with van der Waals surface area (Å²) in [7, 11) is 0. The monoisotopic (exact) mass is 213 g/mol. The standard InChI is InChI=1S/C13H27NO/c1-3-7-12(4-2)14-13-9-6-5-8-11(13)10-15/h11-15H,3-10H2,1-2H3. The van der Waals surface area contributed by atoms with Gasteiger partial charge in [-0.15, -0.1) is 0 Å². The average molecular weight is 213 g/mol. The van der Waals surface area contributed by atoms with Crippen molar-refractivity contribution in [2.45, 2.75) is 70.9 Å². The molecule has 0 heterocycles. The SMILES string of the molecule is CCCC(CC)NC1CCCCC1CO. The van der Waals surface area contributed by atoms with Crippen molar-refractivity contribution in [1.29, 1.82) is 0 Å². The zero-order valence-electron chi connectivity index (χ0n) is 10.3. The first-order valence-corrected chi connectivity index (χ1v) is 6.68. The molecule has 2 N–H and O–H groups in total. The highest BCUT2D eigenvalue weighted by Gasteiger charge is 2.25. The number of hydrogen-bond donors (Lipinski definition) is 2. The lowest BCUT2D eigenvalue weighted by molar-refractivity contribution is 0.144. The minimum atomic E-state index is 0.361. The van der Waals surface area contributed by atoms with Crippen LogP contribution in [0.15, 0.2) is 0 Å². The van der Waals surface area contributed by atoms with Gasteiger partial charge in [-0.2, -0.15) is 0 Å². The minimum absolute atomic E-state index is 0.361. The molecule has 0 aromatic carbocycles. The van der Waals surface area contributed by atoms with Crippen LogP contribution >= 0.6 is 0 Å². The van der Waals surface area contributed by atoms with Gasteiger partial charge in [0, 0.05) is 18.7 Å². The van der Waals surface area contributed by atoms with Gasteiger partial charge >= 0.3 is 0 Å². The molecule has 0 aliphatic heterocycles. The highest BCUT2D eigenvalue weighted by atomic mass is 16.3. The molecule has 1 aliphatic carbocycles. The maximum atomic E-state index is 9.34. The Labute approximate surface area is 94.5 Å². The Morgan fingerprint density at radius 1 is 1.27 bits per heavy atom. The quantitative estimate of drug-likeness (QED) is 0.711. The average Bonchev–Trinajstić information content (AvgIpc) is 2.29. The first kappa shape index (κ1) is 13.0. The van der Waals surface area contributed by atoms with E-state index in [1.54, 1.807) is 0 Å². The third-order valence-corrected chi connectivity index (χ3v) is 3.72. The van der Waals surface area contributed by atoms with Gasteiger partial charge in [0.2, 0.25) is 0 Å². The van der Waals surface area contributed by atoms with Gasteiger partial charge in [-0.25, -0.2) is 0 Å². The Balaban J connectivity index is 2.38. The van der Waals surface area contributed by atoms with E-state index in [4.69, 9.17) is 0 Å². The first-order valence-electron chi connectivity index (χ1n) is 6.68. The third-order valence-electron chi connectivity index (χ3n) is 3.72. The zero-order chi connectivity index (χ0) is 11.1. The molecule has 1 rings (SSSR count). The predicted octanol–water partition coefficient (Wildman–Crippen LogP) is 2.71. The van der Waals surface area contributed by atoms with Crippen LogP contribution in [0, 0.1) is 5.92 Å². The maximum Gasteiger partial charge on any atom is 0.0474 e. The summed E-state index contributed by atoms with van der Waals surface area (Å²) in [6.45, 7) is 4.86. The van der Waals surface area contributed by atoms with Gasteiger partial charge in [-0.3, -0.25) is 0 Å². The summed E-state index contributed by atoms with van der Waals surface area (Å²) in [5.41, 5.74) is 0. The van der Waals surface area contributed by atoms with Crippen LogP contribution in [0.3, 0.4) is 0 Å². The molecule has 1 saturated carbocycles. The van der Waals surface area contributed by atoms with Crippen molar-refractivity contribution in [3.63, 3.8) is 0 Å². The molecule has 1 fully saturated rings. The van der Waals surface area contributed by atoms with E-state index >= 15 is 0 Å². The number of aliphatic hydroxyl groups is 1. The second kappa shape index (κ2) is 7.24. The molecular weight excluding hydrogens is 186 g/mol. The number of hydrogen-bond acceptors (Lipinski definition) is 2. The normalized spacial score (nSPS) is 29.0. The summed E-state index contributed by atoms with van der Waals surface area (Å²) in [6.07, 6.45) is 8.82. The van der Waals surface area contributed by atoms with Crippen molar-refractivity contribution in [3.05, 3.63) is 0 Å².